The van der Waals surface area contributed by atoms with Crippen molar-refractivity contribution in [3.63, 3.8) is 0 Å². The molecular weight excluding hydrogens is 259 g/mol. The van der Waals surface area contributed by atoms with Crippen molar-refractivity contribution < 1.29 is 13.9 Å². The van der Waals surface area contributed by atoms with E-state index in [0.29, 0.717) is 17.0 Å². The lowest BCUT2D eigenvalue weighted by molar-refractivity contribution is 0.0950. The summed E-state index contributed by atoms with van der Waals surface area (Å²) >= 11 is 0. The summed E-state index contributed by atoms with van der Waals surface area (Å²) in [4.78, 5) is 11.9. The number of amides is 1. The van der Waals surface area contributed by atoms with E-state index in [2.05, 4.69) is 5.32 Å². The summed E-state index contributed by atoms with van der Waals surface area (Å²) in [5.74, 6) is -0.00728. The SMILES string of the molecule is COc1ccc(N)cc1CNC(=O)c1ccc(F)cc1. The molecule has 0 unspecified atom stereocenters. The standard InChI is InChI=1S/C15H15FN2O2/c1-20-14-7-6-13(17)8-11(14)9-18-15(19)10-2-4-12(16)5-3-10/h2-8H,9,17H2,1H3,(H,18,19). The monoisotopic (exact) mass is 274 g/mol. The minimum atomic E-state index is -0.376. The summed E-state index contributed by atoms with van der Waals surface area (Å²) in [6.07, 6.45) is 0. The van der Waals surface area contributed by atoms with E-state index in [9.17, 15) is 9.18 Å². The van der Waals surface area contributed by atoms with Crippen LogP contribution in [-0.4, -0.2) is 13.0 Å². The van der Waals surface area contributed by atoms with Crippen LogP contribution in [-0.2, 0) is 6.54 Å². The summed E-state index contributed by atoms with van der Waals surface area (Å²) in [6.45, 7) is 0.282. The number of nitrogens with two attached hydrogens (primary N) is 1. The molecule has 20 heavy (non-hydrogen) atoms. The van der Waals surface area contributed by atoms with Crippen LogP contribution in [0.1, 0.15) is 15.9 Å². The molecule has 3 N–H and O–H groups in total. The molecule has 0 atom stereocenters. The number of benzene rings is 2. The van der Waals surface area contributed by atoms with Crippen LogP contribution in [0.25, 0.3) is 0 Å². The Hall–Kier alpha value is -2.56. The van der Waals surface area contributed by atoms with Gasteiger partial charge < -0.3 is 15.8 Å². The molecule has 0 bridgehead atoms. The van der Waals surface area contributed by atoms with E-state index in [1.165, 1.54) is 24.3 Å². The largest absolute Gasteiger partial charge is 0.496 e. The Bertz CT molecular complexity index is 612. The second-order valence-electron chi connectivity index (χ2n) is 4.26. The minimum absolute atomic E-state index is 0.282. The number of carbonyl (C=O) groups excluding carboxylic acids is 1. The van der Waals surface area contributed by atoms with Gasteiger partial charge in [0, 0.05) is 23.4 Å². The first kappa shape index (κ1) is 13.9. The normalized spacial score (nSPS) is 10.1. The van der Waals surface area contributed by atoms with Crippen molar-refractivity contribution in [3.8, 4) is 5.75 Å². The highest BCUT2D eigenvalue weighted by Crippen LogP contribution is 2.20. The van der Waals surface area contributed by atoms with Crippen LogP contribution in [0.5, 0.6) is 5.75 Å². The van der Waals surface area contributed by atoms with Crippen molar-refractivity contribution in [2.24, 2.45) is 0 Å². The number of rotatable bonds is 4. The Kier molecular flexibility index (Phi) is 4.20. The number of nitrogens with one attached hydrogen (secondary N) is 1. The zero-order valence-corrected chi connectivity index (χ0v) is 11.0. The molecule has 0 heterocycles. The van der Waals surface area contributed by atoms with Crippen LogP contribution in [0.3, 0.4) is 0 Å². The van der Waals surface area contributed by atoms with Crippen LogP contribution in [0.2, 0.25) is 0 Å². The second-order valence-corrected chi connectivity index (χ2v) is 4.26. The summed E-state index contributed by atoms with van der Waals surface area (Å²) in [5.41, 5.74) is 7.48. The van der Waals surface area contributed by atoms with Gasteiger partial charge in [0.2, 0.25) is 0 Å². The fourth-order valence-corrected chi connectivity index (χ4v) is 1.82. The lowest BCUT2D eigenvalue weighted by atomic mass is 10.1. The Labute approximate surface area is 116 Å². The third kappa shape index (κ3) is 3.26. The van der Waals surface area contributed by atoms with Gasteiger partial charge in [-0.15, -0.1) is 0 Å². The number of methoxy groups -OCH3 is 1. The Morgan fingerprint density at radius 1 is 1.25 bits per heavy atom. The fourth-order valence-electron chi connectivity index (χ4n) is 1.82. The molecule has 104 valence electrons. The summed E-state index contributed by atoms with van der Waals surface area (Å²) in [5, 5.41) is 2.74. The van der Waals surface area contributed by atoms with E-state index in [1.807, 2.05) is 0 Å². The number of hydrogen-bond donors (Lipinski definition) is 2. The van der Waals surface area contributed by atoms with Gasteiger partial charge >= 0.3 is 0 Å². The number of anilines is 1. The molecule has 0 aliphatic heterocycles. The fraction of sp³-hybridized carbons (Fsp3) is 0.133. The van der Waals surface area contributed by atoms with Crippen molar-refractivity contribution in [1.29, 1.82) is 0 Å². The predicted molar refractivity (Wildman–Crippen MR) is 75.0 cm³/mol. The van der Waals surface area contributed by atoms with Gasteiger partial charge in [0.15, 0.2) is 0 Å². The maximum absolute atomic E-state index is 12.8. The van der Waals surface area contributed by atoms with Gasteiger partial charge in [0.1, 0.15) is 11.6 Å². The number of ether oxygens (including phenoxy) is 1. The molecule has 4 nitrogen and oxygen atoms in total. The molecule has 0 aliphatic rings. The summed E-state index contributed by atoms with van der Waals surface area (Å²) < 4.78 is 18.0. The molecular formula is C15H15FN2O2. The maximum atomic E-state index is 12.8. The molecule has 5 heteroatoms. The minimum Gasteiger partial charge on any atom is -0.496 e. The van der Waals surface area contributed by atoms with E-state index in [4.69, 9.17) is 10.5 Å². The van der Waals surface area contributed by atoms with Crippen molar-refractivity contribution in [2.45, 2.75) is 6.54 Å². The topological polar surface area (TPSA) is 64.3 Å². The van der Waals surface area contributed by atoms with E-state index in [-0.39, 0.29) is 18.3 Å². The molecule has 0 aliphatic carbocycles. The van der Waals surface area contributed by atoms with Gasteiger partial charge in [0.05, 0.1) is 7.11 Å². The van der Waals surface area contributed by atoms with E-state index < -0.39 is 0 Å². The maximum Gasteiger partial charge on any atom is 0.251 e. The van der Waals surface area contributed by atoms with E-state index in [1.54, 1.807) is 25.3 Å². The van der Waals surface area contributed by atoms with Gasteiger partial charge in [-0.2, -0.15) is 0 Å². The average Bonchev–Trinajstić information content (AvgIpc) is 2.45. The van der Waals surface area contributed by atoms with Crippen LogP contribution >= 0.6 is 0 Å². The third-order valence-corrected chi connectivity index (χ3v) is 2.85. The van der Waals surface area contributed by atoms with Gasteiger partial charge in [-0.05, 0) is 42.5 Å². The first-order chi connectivity index (χ1) is 9.60. The van der Waals surface area contributed by atoms with Crippen molar-refractivity contribution >= 4 is 11.6 Å². The predicted octanol–water partition coefficient (Wildman–Crippen LogP) is 2.35. The Morgan fingerprint density at radius 3 is 2.60 bits per heavy atom. The Balaban J connectivity index is 2.06. The quantitative estimate of drug-likeness (QED) is 0.841. The number of halogens is 1. The first-order valence-corrected chi connectivity index (χ1v) is 6.06. The molecule has 1 amide bonds. The van der Waals surface area contributed by atoms with Crippen molar-refractivity contribution in [2.75, 3.05) is 12.8 Å². The molecule has 2 aromatic carbocycles. The van der Waals surface area contributed by atoms with Gasteiger partial charge in [-0.1, -0.05) is 0 Å². The van der Waals surface area contributed by atoms with Gasteiger partial charge in [-0.3, -0.25) is 4.79 Å². The van der Waals surface area contributed by atoms with Crippen LogP contribution in [0.4, 0.5) is 10.1 Å². The first-order valence-electron chi connectivity index (χ1n) is 6.06. The van der Waals surface area contributed by atoms with Crippen LogP contribution in [0, 0.1) is 5.82 Å². The average molecular weight is 274 g/mol. The van der Waals surface area contributed by atoms with Crippen LogP contribution < -0.4 is 15.8 Å². The second kappa shape index (κ2) is 6.06. The molecule has 0 saturated heterocycles. The van der Waals surface area contributed by atoms with Crippen molar-refractivity contribution in [3.05, 3.63) is 59.4 Å². The highest BCUT2D eigenvalue weighted by atomic mass is 19.1. The zero-order chi connectivity index (χ0) is 14.5. The van der Waals surface area contributed by atoms with Crippen LogP contribution in [0.15, 0.2) is 42.5 Å². The zero-order valence-electron chi connectivity index (χ0n) is 11.0. The number of nitrogen functional groups attached to an aromatic ring is 1. The lowest BCUT2D eigenvalue weighted by Crippen LogP contribution is -2.23. The molecule has 0 spiro atoms. The highest BCUT2D eigenvalue weighted by Gasteiger charge is 2.08. The van der Waals surface area contributed by atoms with Gasteiger partial charge in [0.25, 0.3) is 5.91 Å². The molecule has 0 fully saturated rings. The molecule has 2 aromatic rings. The third-order valence-electron chi connectivity index (χ3n) is 2.85. The van der Waals surface area contributed by atoms with E-state index in [0.717, 1.165) is 5.56 Å². The number of hydrogen-bond acceptors (Lipinski definition) is 3. The lowest BCUT2D eigenvalue weighted by Gasteiger charge is -2.10. The summed E-state index contributed by atoms with van der Waals surface area (Å²) in [6, 6.07) is 10.6. The molecule has 0 aromatic heterocycles. The van der Waals surface area contributed by atoms with Gasteiger partial charge in [-0.25, -0.2) is 4.39 Å². The highest BCUT2D eigenvalue weighted by molar-refractivity contribution is 5.94. The van der Waals surface area contributed by atoms with E-state index >= 15 is 0 Å². The molecule has 2 rings (SSSR count). The smallest absolute Gasteiger partial charge is 0.251 e. The van der Waals surface area contributed by atoms with Crippen molar-refractivity contribution in [1.82, 2.24) is 5.32 Å². The summed E-state index contributed by atoms with van der Waals surface area (Å²) in [7, 11) is 1.55. The Morgan fingerprint density at radius 2 is 1.95 bits per heavy atom. The number of carbonyl (C=O) groups is 1. The molecule has 0 radical (unpaired) electrons. The molecule has 0 saturated carbocycles.